The number of benzene rings is 1. The predicted octanol–water partition coefficient (Wildman–Crippen LogP) is 3.80. The second-order valence-corrected chi connectivity index (χ2v) is 16.8. The van der Waals surface area contributed by atoms with Crippen LogP contribution in [-0.4, -0.2) is 137 Å². The van der Waals surface area contributed by atoms with Crippen LogP contribution >= 0.6 is 12.6 Å². The number of methoxy groups -OCH3 is 2. The highest BCUT2D eigenvalue weighted by atomic mass is 32.1. The standard InChI is InChI=1S/C41H69N5O9S/c1-13-25(6)36(45(10)40(51)34(23(2)3)43-39(50)35(24(4)5)44(9)27(8)56)32(54-11)22-33(48)46-20-14-15-31(46)37(55-12)26(7)38(49)42-30(41(52)53)21-28-16-18-29(47)19-17-28/h16-19,23-27,30-32,34-37,47,56H,13-15,20-22H2,1-12H3,(H,42,49)(H,43,50)(H,52,53)/t25?,26-,27?,30?,31+,32-,34+,35+,36+,37-/m1/s1. The maximum absolute atomic E-state index is 14.3. The Bertz CT molecular complexity index is 1440. The molecule has 1 aromatic carbocycles. The first kappa shape index (κ1) is 48.7. The van der Waals surface area contributed by atoms with E-state index in [2.05, 4.69) is 23.3 Å². The molecular weight excluding hydrogens is 739 g/mol. The van der Waals surface area contributed by atoms with Gasteiger partial charge in [0.05, 0.1) is 48.0 Å². The number of phenolic OH excluding ortho intramolecular Hbond substituents is 1. The lowest BCUT2D eigenvalue weighted by atomic mass is 9.89. The Labute approximate surface area is 339 Å². The van der Waals surface area contributed by atoms with Crippen LogP contribution in [0.4, 0.5) is 0 Å². The molecular formula is C41H69N5O9S. The maximum atomic E-state index is 14.3. The SMILES string of the molecule is CCC(C)[C@@H]([C@@H](CC(=O)N1CCC[C@H]1[C@H](OC)[C@@H](C)C(=O)NC(Cc1ccc(O)cc1)C(=O)O)OC)N(C)C(=O)[C@@H](NC(=O)[C@H](C(C)C)N(C)C(C)S)C(C)C. The summed E-state index contributed by atoms with van der Waals surface area (Å²) >= 11 is 4.53. The van der Waals surface area contributed by atoms with Gasteiger partial charge >= 0.3 is 5.97 Å². The van der Waals surface area contributed by atoms with E-state index in [0.29, 0.717) is 31.4 Å². The number of hydrogen-bond donors (Lipinski definition) is 5. The van der Waals surface area contributed by atoms with E-state index in [1.807, 2.05) is 60.4 Å². The summed E-state index contributed by atoms with van der Waals surface area (Å²) in [6.07, 6.45) is 0.525. The van der Waals surface area contributed by atoms with E-state index >= 15 is 0 Å². The molecule has 1 saturated heterocycles. The summed E-state index contributed by atoms with van der Waals surface area (Å²) in [5.74, 6) is -3.55. The third-order valence-corrected chi connectivity index (χ3v) is 11.8. The maximum Gasteiger partial charge on any atom is 0.326 e. The van der Waals surface area contributed by atoms with Gasteiger partial charge in [-0.05, 0) is 62.3 Å². The Morgan fingerprint density at radius 2 is 1.54 bits per heavy atom. The number of carbonyl (C=O) groups excluding carboxylic acids is 4. The van der Waals surface area contributed by atoms with Crippen LogP contribution in [0.5, 0.6) is 5.75 Å². The number of ether oxygens (including phenoxy) is 2. The highest BCUT2D eigenvalue weighted by Crippen LogP contribution is 2.30. The number of carboxylic acid groups (broad SMARTS) is 1. The van der Waals surface area contributed by atoms with Crippen molar-refractivity contribution in [2.75, 3.05) is 34.9 Å². The van der Waals surface area contributed by atoms with Crippen molar-refractivity contribution in [2.24, 2.45) is 23.7 Å². The number of rotatable bonds is 22. The van der Waals surface area contributed by atoms with Gasteiger partial charge in [0.1, 0.15) is 17.8 Å². The largest absolute Gasteiger partial charge is 0.508 e. The van der Waals surface area contributed by atoms with Crippen molar-refractivity contribution in [3.63, 3.8) is 0 Å². The molecule has 318 valence electrons. The average molecular weight is 808 g/mol. The molecule has 0 radical (unpaired) electrons. The van der Waals surface area contributed by atoms with Gasteiger partial charge in [-0.1, -0.05) is 67.0 Å². The smallest absolute Gasteiger partial charge is 0.326 e. The molecule has 0 aliphatic carbocycles. The zero-order chi connectivity index (χ0) is 42.6. The fourth-order valence-corrected chi connectivity index (χ4v) is 7.98. The van der Waals surface area contributed by atoms with Gasteiger partial charge in [0.25, 0.3) is 0 Å². The molecule has 1 heterocycles. The van der Waals surface area contributed by atoms with Gasteiger partial charge in [-0.25, -0.2) is 4.79 Å². The number of aromatic hydroxyl groups is 1. The van der Waals surface area contributed by atoms with Gasteiger partial charge in [-0.2, -0.15) is 12.6 Å². The Morgan fingerprint density at radius 3 is 2.02 bits per heavy atom. The van der Waals surface area contributed by atoms with Crippen LogP contribution < -0.4 is 10.6 Å². The molecule has 1 aromatic rings. The molecule has 0 aromatic heterocycles. The number of hydrogen-bond acceptors (Lipinski definition) is 10. The molecule has 14 nitrogen and oxygen atoms in total. The predicted molar refractivity (Wildman–Crippen MR) is 219 cm³/mol. The molecule has 0 saturated carbocycles. The van der Waals surface area contributed by atoms with E-state index in [1.165, 1.54) is 26.4 Å². The molecule has 3 unspecified atom stereocenters. The summed E-state index contributed by atoms with van der Waals surface area (Å²) < 4.78 is 11.9. The van der Waals surface area contributed by atoms with Crippen molar-refractivity contribution in [3.05, 3.63) is 29.8 Å². The molecule has 1 aliphatic rings. The van der Waals surface area contributed by atoms with Crippen LogP contribution in [0.2, 0.25) is 0 Å². The molecule has 15 heteroatoms. The number of aliphatic carboxylic acids is 1. The first-order valence-electron chi connectivity index (χ1n) is 19.8. The number of carbonyl (C=O) groups is 5. The Morgan fingerprint density at radius 1 is 0.929 bits per heavy atom. The minimum Gasteiger partial charge on any atom is -0.508 e. The first-order valence-corrected chi connectivity index (χ1v) is 20.4. The van der Waals surface area contributed by atoms with Gasteiger partial charge in [-0.3, -0.25) is 24.1 Å². The van der Waals surface area contributed by atoms with Crippen LogP contribution in [0.3, 0.4) is 0 Å². The number of likely N-dealkylation sites (N-methyl/N-ethyl adjacent to an activating group) is 2. The minimum absolute atomic E-state index is 0.0158. The van der Waals surface area contributed by atoms with Crippen LogP contribution in [0.1, 0.15) is 86.6 Å². The topological polar surface area (TPSA) is 178 Å². The van der Waals surface area contributed by atoms with Crippen molar-refractivity contribution in [3.8, 4) is 5.75 Å². The van der Waals surface area contributed by atoms with E-state index in [-0.39, 0.29) is 59.4 Å². The third kappa shape index (κ3) is 12.8. The molecule has 4 amide bonds. The molecule has 1 fully saturated rings. The fourth-order valence-electron chi connectivity index (χ4n) is 7.84. The number of phenols is 1. The number of carboxylic acids is 1. The Hall–Kier alpha value is -3.40. The lowest BCUT2D eigenvalue weighted by Gasteiger charge is -2.41. The lowest BCUT2D eigenvalue weighted by Crippen LogP contribution is -2.60. The summed E-state index contributed by atoms with van der Waals surface area (Å²) in [4.78, 5) is 73.1. The normalized spacial score (nSPS) is 19.4. The molecule has 4 N–H and O–H groups in total. The van der Waals surface area contributed by atoms with Crippen LogP contribution in [-0.2, 0) is 39.9 Å². The average Bonchev–Trinajstić information content (AvgIpc) is 3.63. The zero-order valence-corrected chi connectivity index (χ0v) is 36.4. The van der Waals surface area contributed by atoms with E-state index in [0.717, 1.165) is 0 Å². The molecule has 10 atom stereocenters. The number of nitrogens with one attached hydrogen (secondary N) is 2. The zero-order valence-electron chi connectivity index (χ0n) is 35.5. The Balaban J connectivity index is 2.29. The molecule has 0 spiro atoms. The highest BCUT2D eigenvalue weighted by molar-refractivity contribution is 7.80. The second kappa shape index (κ2) is 22.5. The van der Waals surface area contributed by atoms with E-state index in [9.17, 15) is 34.2 Å². The fraction of sp³-hybridized carbons (Fsp3) is 0.732. The number of likely N-dealkylation sites (tertiary alicyclic amines) is 1. The van der Waals surface area contributed by atoms with Crippen molar-refractivity contribution in [2.45, 2.75) is 135 Å². The van der Waals surface area contributed by atoms with E-state index in [1.54, 1.807) is 35.9 Å². The number of nitrogens with zero attached hydrogens (tertiary/aromatic N) is 3. The lowest BCUT2D eigenvalue weighted by molar-refractivity contribution is -0.148. The molecule has 2 rings (SSSR count). The Kier molecular flexibility index (Phi) is 19.6. The van der Waals surface area contributed by atoms with E-state index in [4.69, 9.17) is 9.47 Å². The van der Waals surface area contributed by atoms with Gasteiger partial charge in [0, 0.05) is 34.2 Å². The first-order chi connectivity index (χ1) is 26.2. The van der Waals surface area contributed by atoms with Crippen LogP contribution in [0, 0.1) is 23.7 Å². The van der Waals surface area contributed by atoms with Crippen molar-refractivity contribution < 1.29 is 43.7 Å². The highest BCUT2D eigenvalue weighted by Gasteiger charge is 2.43. The van der Waals surface area contributed by atoms with Gasteiger partial charge in [-0.15, -0.1) is 0 Å². The van der Waals surface area contributed by atoms with Gasteiger partial charge < -0.3 is 40.1 Å². The van der Waals surface area contributed by atoms with Crippen LogP contribution in [0.25, 0.3) is 0 Å². The quantitative estimate of drug-likeness (QED) is 0.0856. The van der Waals surface area contributed by atoms with Gasteiger partial charge in [0.15, 0.2) is 0 Å². The van der Waals surface area contributed by atoms with Crippen molar-refractivity contribution >= 4 is 42.2 Å². The second-order valence-electron chi connectivity index (χ2n) is 16.1. The van der Waals surface area contributed by atoms with Crippen molar-refractivity contribution in [1.29, 1.82) is 0 Å². The monoisotopic (exact) mass is 807 g/mol. The van der Waals surface area contributed by atoms with Crippen LogP contribution in [0.15, 0.2) is 24.3 Å². The summed E-state index contributed by atoms with van der Waals surface area (Å²) in [6.45, 7) is 15.7. The molecule has 1 aliphatic heterocycles. The summed E-state index contributed by atoms with van der Waals surface area (Å²) in [5.41, 5.74) is 0.630. The van der Waals surface area contributed by atoms with Crippen molar-refractivity contribution in [1.82, 2.24) is 25.3 Å². The van der Waals surface area contributed by atoms with E-state index < -0.39 is 60.2 Å². The summed E-state index contributed by atoms with van der Waals surface area (Å²) in [5, 5.41) is 25.0. The summed E-state index contributed by atoms with van der Waals surface area (Å²) in [7, 11) is 6.54. The summed E-state index contributed by atoms with van der Waals surface area (Å²) in [6, 6.07) is 2.60. The van der Waals surface area contributed by atoms with Gasteiger partial charge in [0.2, 0.25) is 23.6 Å². The number of amides is 4. The number of thiol groups is 1. The minimum atomic E-state index is -1.22. The third-order valence-electron chi connectivity index (χ3n) is 11.4. The molecule has 56 heavy (non-hydrogen) atoms. The molecule has 0 bridgehead atoms.